The summed E-state index contributed by atoms with van der Waals surface area (Å²) in [4.78, 5) is 16.3. The molecule has 0 radical (unpaired) electrons. The number of nitrogens with zero attached hydrogens (tertiary/aromatic N) is 2. The number of aromatic nitrogens is 2. The van der Waals surface area contributed by atoms with E-state index in [4.69, 9.17) is 5.73 Å². The number of hydrogen-bond donors (Lipinski definition) is 2. The van der Waals surface area contributed by atoms with Gasteiger partial charge in [-0.2, -0.15) is 0 Å². The number of benzene rings is 1. The summed E-state index contributed by atoms with van der Waals surface area (Å²) in [7, 11) is 0. The fourth-order valence-electron chi connectivity index (χ4n) is 2.46. The SMILES string of the molecule is NC(=O)C(Cn1ccnc1)(NC1CC1)c1ccccc1. The standard InChI is InChI=1S/C15H18N4O/c16-14(20)15(18-13-6-7-13,10-19-9-8-17-11-19)12-4-2-1-3-5-12/h1-5,8-9,11,13,18H,6-7,10H2,(H2,16,20). The number of hydrogen-bond acceptors (Lipinski definition) is 3. The van der Waals surface area contributed by atoms with E-state index in [0.29, 0.717) is 12.6 Å². The molecule has 2 aromatic rings. The fraction of sp³-hybridized carbons (Fsp3) is 0.333. The van der Waals surface area contributed by atoms with Crippen molar-refractivity contribution in [1.29, 1.82) is 0 Å². The van der Waals surface area contributed by atoms with E-state index in [1.54, 1.807) is 12.5 Å². The van der Waals surface area contributed by atoms with Crippen molar-refractivity contribution >= 4 is 5.91 Å². The van der Waals surface area contributed by atoms with Crippen LogP contribution in [0.4, 0.5) is 0 Å². The molecule has 1 unspecified atom stereocenters. The molecule has 1 atom stereocenters. The average Bonchev–Trinajstić information content (AvgIpc) is 3.12. The zero-order valence-electron chi connectivity index (χ0n) is 11.2. The molecule has 1 aromatic carbocycles. The predicted molar refractivity (Wildman–Crippen MR) is 75.7 cm³/mol. The highest BCUT2D eigenvalue weighted by molar-refractivity contribution is 5.86. The molecular formula is C15H18N4O. The van der Waals surface area contributed by atoms with E-state index in [-0.39, 0.29) is 5.91 Å². The third kappa shape index (κ3) is 2.44. The largest absolute Gasteiger partial charge is 0.368 e. The Bertz CT molecular complexity index is 577. The maximum absolute atomic E-state index is 12.2. The quantitative estimate of drug-likeness (QED) is 0.823. The van der Waals surface area contributed by atoms with E-state index >= 15 is 0 Å². The molecule has 0 spiro atoms. The average molecular weight is 270 g/mol. The minimum Gasteiger partial charge on any atom is -0.368 e. The maximum atomic E-state index is 12.2. The third-order valence-corrected chi connectivity index (χ3v) is 3.69. The minimum atomic E-state index is -0.886. The Morgan fingerprint density at radius 1 is 1.40 bits per heavy atom. The molecule has 1 saturated carbocycles. The third-order valence-electron chi connectivity index (χ3n) is 3.69. The van der Waals surface area contributed by atoms with Crippen LogP contribution in [0.15, 0.2) is 49.1 Å². The molecule has 1 fully saturated rings. The van der Waals surface area contributed by atoms with Crippen LogP contribution in [0.1, 0.15) is 18.4 Å². The van der Waals surface area contributed by atoms with Crippen molar-refractivity contribution in [3.8, 4) is 0 Å². The summed E-state index contributed by atoms with van der Waals surface area (Å²) in [5.74, 6) is -0.357. The highest BCUT2D eigenvalue weighted by Crippen LogP contribution is 2.30. The van der Waals surface area contributed by atoms with E-state index in [1.807, 2.05) is 41.1 Å². The molecule has 5 heteroatoms. The molecule has 3 rings (SSSR count). The summed E-state index contributed by atoms with van der Waals surface area (Å²) in [6.45, 7) is 0.447. The molecule has 20 heavy (non-hydrogen) atoms. The number of carbonyl (C=O) groups excluding carboxylic acids is 1. The normalized spacial score (nSPS) is 17.6. The van der Waals surface area contributed by atoms with Crippen LogP contribution in [0, 0.1) is 0 Å². The van der Waals surface area contributed by atoms with Gasteiger partial charge in [0.2, 0.25) is 5.91 Å². The highest BCUT2D eigenvalue weighted by atomic mass is 16.1. The summed E-state index contributed by atoms with van der Waals surface area (Å²) < 4.78 is 1.88. The minimum absolute atomic E-state index is 0.357. The number of amides is 1. The van der Waals surface area contributed by atoms with Crippen molar-refractivity contribution in [1.82, 2.24) is 14.9 Å². The van der Waals surface area contributed by atoms with Gasteiger partial charge in [0.15, 0.2) is 0 Å². The highest BCUT2D eigenvalue weighted by Gasteiger charge is 2.42. The fourth-order valence-corrected chi connectivity index (χ4v) is 2.46. The van der Waals surface area contributed by atoms with Crippen molar-refractivity contribution < 1.29 is 4.79 Å². The number of nitrogens with one attached hydrogen (secondary N) is 1. The molecule has 1 aromatic heterocycles. The van der Waals surface area contributed by atoms with Gasteiger partial charge in [0.05, 0.1) is 12.9 Å². The van der Waals surface area contributed by atoms with Crippen LogP contribution >= 0.6 is 0 Å². The van der Waals surface area contributed by atoms with Crippen molar-refractivity contribution in [2.45, 2.75) is 31.0 Å². The smallest absolute Gasteiger partial charge is 0.244 e. The maximum Gasteiger partial charge on any atom is 0.244 e. The lowest BCUT2D eigenvalue weighted by molar-refractivity contribution is -0.125. The van der Waals surface area contributed by atoms with Crippen LogP contribution in [0.3, 0.4) is 0 Å². The van der Waals surface area contributed by atoms with Gasteiger partial charge in [-0.1, -0.05) is 30.3 Å². The number of nitrogens with two attached hydrogens (primary N) is 1. The van der Waals surface area contributed by atoms with E-state index < -0.39 is 5.54 Å². The number of carbonyl (C=O) groups is 1. The lowest BCUT2D eigenvalue weighted by Gasteiger charge is -2.33. The Morgan fingerprint density at radius 2 is 2.15 bits per heavy atom. The van der Waals surface area contributed by atoms with E-state index in [1.165, 1.54) is 0 Å². The van der Waals surface area contributed by atoms with Crippen molar-refractivity contribution in [3.05, 3.63) is 54.6 Å². The van der Waals surface area contributed by atoms with Gasteiger partial charge in [0.25, 0.3) is 0 Å². The first-order chi connectivity index (χ1) is 9.71. The molecule has 0 bridgehead atoms. The summed E-state index contributed by atoms with van der Waals surface area (Å²) in [5, 5.41) is 3.44. The molecule has 1 aliphatic carbocycles. The molecule has 0 saturated heterocycles. The molecule has 1 amide bonds. The zero-order chi connectivity index (χ0) is 14.0. The Hall–Kier alpha value is -2.14. The van der Waals surface area contributed by atoms with E-state index in [2.05, 4.69) is 10.3 Å². The first kappa shape index (κ1) is 12.9. The monoisotopic (exact) mass is 270 g/mol. The second-order valence-electron chi connectivity index (χ2n) is 5.29. The van der Waals surface area contributed by atoms with Crippen molar-refractivity contribution in [2.24, 2.45) is 5.73 Å². The molecular weight excluding hydrogens is 252 g/mol. The van der Waals surface area contributed by atoms with Crippen LogP contribution in [-0.4, -0.2) is 21.5 Å². The summed E-state index contributed by atoms with van der Waals surface area (Å²) in [6.07, 6.45) is 7.43. The van der Waals surface area contributed by atoms with Gasteiger partial charge in [-0.25, -0.2) is 4.98 Å². The summed E-state index contributed by atoms with van der Waals surface area (Å²) >= 11 is 0. The van der Waals surface area contributed by atoms with E-state index in [0.717, 1.165) is 18.4 Å². The van der Waals surface area contributed by atoms with Crippen molar-refractivity contribution in [3.63, 3.8) is 0 Å². The van der Waals surface area contributed by atoms with Crippen LogP contribution in [0.25, 0.3) is 0 Å². The number of rotatable bonds is 6. The van der Waals surface area contributed by atoms with E-state index in [9.17, 15) is 4.79 Å². The number of imidazole rings is 1. The van der Waals surface area contributed by atoms with Crippen LogP contribution in [-0.2, 0) is 16.9 Å². The predicted octanol–water partition coefficient (Wildman–Crippen LogP) is 1.02. The van der Waals surface area contributed by atoms with Crippen LogP contribution < -0.4 is 11.1 Å². The van der Waals surface area contributed by atoms with Crippen molar-refractivity contribution in [2.75, 3.05) is 0 Å². The Kier molecular flexibility index (Phi) is 3.28. The second-order valence-corrected chi connectivity index (χ2v) is 5.29. The Labute approximate surface area is 117 Å². The van der Waals surface area contributed by atoms with Gasteiger partial charge in [-0.05, 0) is 18.4 Å². The van der Waals surface area contributed by atoms with Gasteiger partial charge in [-0.3, -0.25) is 10.1 Å². The second kappa shape index (κ2) is 5.09. The molecule has 1 aliphatic rings. The Morgan fingerprint density at radius 3 is 2.70 bits per heavy atom. The first-order valence-electron chi connectivity index (χ1n) is 6.79. The van der Waals surface area contributed by atoms with Gasteiger partial charge in [0.1, 0.15) is 5.54 Å². The molecule has 5 nitrogen and oxygen atoms in total. The zero-order valence-corrected chi connectivity index (χ0v) is 11.2. The molecule has 3 N–H and O–H groups in total. The van der Waals surface area contributed by atoms with Gasteiger partial charge in [0, 0.05) is 18.4 Å². The van der Waals surface area contributed by atoms with Crippen LogP contribution in [0.2, 0.25) is 0 Å². The molecule has 104 valence electrons. The lowest BCUT2D eigenvalue weighted by Crippen LogP contribution is -2.56. The topological polar surface area (TPSA) is 72.9 Å². The first-order valence-corrected chi connectivity index (χ1v) is 6.79. The van der Waals surface area contributed by atoms with Gasteiger partial charge < -0.3 is 10.3 Å². The summed E-state index contributed by atoms with van der Waals surface area (Å²) in [6, 6.07) is 10.0. The van der Waals surface area contributed by atoms with Crippen LogP contribution in [0.5, 0.6) is 0 Å². The van der Waals surface area contributed by atoms with Gasteiger partial charge >= 0.3 is 0 Å². The molecule has 1 heterocycles. The lowest BCUT2D eigenvalue weighted by atomic mass is 9.88. The summed E-state index contributed by atoms with van der Waals surface area (Å²) in [5.41, 5.74) is 5.77. The Balaban J connectivity index is 2.01. The molecule has 0 aliphatic heterocycles. The number of primary amides is 1. The van der Waals surface area contributed by atoms with Gasteiger partial charge in [-0.15, -0.1) is 0 Å².